The van der Waals surface area contributed by atoms with Crippen LogP contribution in [0, 0.1) is 0 Å². The fourth-order valence-corrected chi connectivity index (χ4v) is 2.31. The Balaban J connectivity index is 1.88. The Bertz CT molecular complexity index is 688. The lowest BCUT2D eigenvalue weighted by atomic mass is 10.1. The highest BCUT2D eigenvalue weighted by Crippen LogP contribution is 2.20. The van der Waals surface area contributed by atoms with E-state index in [0.29, 0.717) is 0 Å². The topological polar surface area (TPSA) is 53.6 Å². The summed E-state index contributed by atoms with van der Waals surface area (Å²) in [6.45, 7) is 1.04. The van der Waals surface area contributed by atoms with Gasteiger partial charge in [-0.15, -0.1) is 0 Å². The maximum absolute atomic E-state index is 4.59. The van der Waals surface area contributed by atoms with Crippen LogP contribution < -0.4 is 5.32 Å². The zero-order valence-electron chi connectivity index (χ0n) is 11.6. The van der Waals surface area contributed by atoms with Gasteiger partial charge in [0.1, 0.15) is 5.69 Å². The number of fused-ring (bicyclic) bond motifs is 1. The van der Waals surface area contributed by atoms with Crippen LogP contribution in [0.2, 0.25) is 0 Å². The molecule has 0 fully saturated rings. The fraction of sp³-hybridized carbons (Fsp3) is 0.250. The van der Waals surface area contributed by atoms with Gasteiger partial charge in [0.2, 0.25) is 0 Å². The monoisotopic (exact) mass is 266 g/mol. The number of aryl methyl sites for hydroxylation is 1. The van der Waals surface area contributed by atoms with E-state index >= 15 is 0 Å². The third-order valence-corrected chi connectivity index (χ3v) is 3.35. The first kappa shape index (κ1) is 12.8. The smallest absolute Gasteiger partial charge is 0.157 e. The fourth-order valence-electron chi connectivity index (χ4n) is 2.31. The van der Waals surface area contributed by atoms with Gasteiger partial charge in [-0.25, -0.2) is 4.98 Å². The minimum atomic E-state index is 0.827. The number of benzene rings is 1. The molecule has 102 valence electrons. The van der Waals surface area contributed by atoms with Crippen LogP contribution in [0.3, 0.4) is 0 Å². The molecule has 4 heteroatoms. The van der Waals surface area contributed by atoms with Crippen molar-refractivity contribution in [3.05, 3.63) is 48.2 Å². The highest BCUT2D eigenvalue weighted by atomic mass is 14.9. The number of aromatic amines is 1. The Morgan fingerprint density at radius 2 is 2.15 bits per heavy atom. The molecule has 1 aromatic carbocycles. The summed E-state index contributed by atoms with van der Waals surface area (Å²) in [7, 11) is 1.98. The highest BCUT2D eigenvalue weighted by Gasteiger charge is 2.06. The summed E-state index contributed by atoms with van der Waals surface area (Å²) < 4.78 is 0. The van der Waals surface area contributed by atoms with E-state index in [1.807, 2.05) is 25.2 Å². The van der Waals surface area contributed by atoms with E-state index in [1.54, 1.807) is 6.20 Å². The van der Waals surface area contributed by atoms with Gasteiger partial charge in [-0.1, -0.05) is 12.1 Å². The lowest BCUT2D eigenvalue weighted by Gasteiger charge is -2.00. The Morgan fingerprint density at radius 1 is 1.20 bits per heavy atom. The molecule has 0 radical (unpaired) electrons. The molecule has 20 heavy (non-hydrogen) atoms. The summed E-state index contributed by atoms with van der Waals surface area (Å²) in [6.07, 6.45) is 4.00. The summed E-state index contributed by atoms with van der Waals surface area (Å²) in [5.74, 6) is 0.827. The molecule has 2 N–H and O–H groups in total. The Hall–Kier alpha value is -2.20. The molecule has 0 atom stereocenters. The van der Waals surface area contributed by atoms with Crippen molar-refractivity contribution in [3.8, 4) is 11.5 Å². The molecule has 0 saturated carbocycles. The number of hydrogen-bond acceptors (Lipinski definition) is 3. The van der Waals surface area contributed by atoms with Gasteiger partial charge in [-0.3, -0.25) is 4.98 Å². The zero-order valence-corrected chi connectivity index (χ0v) is 11.6. The van der Waals surface area contributed by atoms with E-state index in [4.69, 9.17) is 0 Å². The second kappa shape index (κ2) is 5.84. The molecule has 3 aromatic rings. The lowest BCUT2D eigenvalue weighted by Crippen LogP contribution is -2.08. The van der Waals surface area contributed by atoms with Gasteiger partial charge < -0.3 is 10.3 Å². The minimum absolute atomic E-state index is 0.827. The van der Waals surface area contributed by atoms with Crippen LogP contribution in [-0.2, 0) is 6.42 Å². The minimum Gasteiger partial charge on any atom is -0.337 e. The Labute approximate surface area is 118 Å². The second-order valence-corrected chi connectivity index (χ2v) is 4.86. The van der Waals surface area contributed by atoms with Crippen molar-refractivity contribution in [1.82, 2.24) is 20.3 Å². The second-order valence-electron chi connectivity index (χ2n) is 4.86. The predicted octanol–water partition coefficient (Wildman–Crippen LogP) is 2.78. The first-order valence-corrected chi connectivity index (χ1v) is 6.91. The normalized spacial score (nSPS) is 11.1. The zero-order chi connectivity index (χ0) is 13.8. The summed E-state index contributed by atoms with van der Waals surface area (Å²) >= 11 is 0. The molecule has 0 aliphatic rings. The van der Waals surface area contributed by atoms with E-state index in [1.165, 1.54) is 5.56 Å². The standard InChI is InChI=1S/C16H18N4/c1-17-9-4-5-12-7-8-13-15(11-12)20-16(19-13)14-6-2-3-10-18-14/h2-3,6-8,10-11,17H,4-5,9H2,1H3,(H,19,20). The molecule has 0 spiro atoms. The van der Waals surface area contributed by atoms with E-state index in [9.17, 15) is 0 Å². The number of H-pyrrole nitrogens is 1. The lowest BCUT2D eigenvalue weighted by molar-refractivity contribution is 0.725. The predicted molar refractivity (Wildman–Crippen MR) is 81.6 cm³/mol. The average molecular weight is 266 g/mol. The van der Waals surface area contributed by atoms with Gasteiger partial charge in [0, 0.05) is 6.20 Å². The van der Waals surface area contributed by atoms with Crippen molar-refractivity contribution >= 4 is 11.0 Å². The van der Waals surface area contributed by atoms with Crippen LogP contribution in [0.25, 0.3) is 22.6 Å². The number of nitrogens with zero attached hydrogens (tertiary/aromatic N) is 2. The van der Waals surface area contributed by atoms with Crippen molar-refractivity contribution < 1.29 is 0 Å². The number of imidazole rings is 1. The van der Waals surface area contributed by atoms with Crippen molar-refractivity contribution in [2.75, 3.05) is 13.6 Å². The molecule has 0 aliphatic heterocycles. The van der Waals surface area contributed by atoms with Gasteiger partial charge >= 0.3 is 0 Å². The van der Waals surface area contributed by atoms with Gasteiger partial charge in [0.05, 0.1) is 11.0 Å². The molecule has 0 amide bonds. The van der Waals surface area contributed by atoms with Gasteiger partial charge in [-0.05, 0) is 56.3 Å². The molecular formula is C16H18N4. The first-order valence-electron chi connectivity index (χ1n) is 6.91. The van der Waals surface area contributed by atoms with Crippen LogP contribution >= 0.6 is 0 Å². The quantitative estimate of drug-likeness (QED) is 0.698. The number of hydrogen-bond donors (Lipinski definition) is 2. The SMILES string of the molecule is CNCCCc1ccc2nc(-c3ccccn3)[nH]c2c1. The van der Waals surface area contributed by atoms with Crippen LogP contribution in [0.4, 0.5) is 0 Å². The molecule has 0 bridgehead atoms. The average Bonchev–Trinajstić information content (AvgIpc) is 2.92. The van der Waals surface area contributed by atoms with E-state index in [2.05, 4.69) is 38.5 Å². The van der Waals surface area contributed by atoms with Crippen molar-refractivity contribution in [3.63, 3.8) is 0 Å². The van der Waals surface area contributed by atoms with E-state index in [-0.39, 0.29) is 0 Å². The maximum atomic E-state index is 4.59. The van der Waals surface area contributed by atoms with Crippen LogP contribution in [0.1, 0.15) is 12.0 Å². The van der Waals surface area contributed by atoms with Crippen molar-refractivity contribution in [2.24, 2.45) is 0 Å². The molecule has 0 unspecified atom stereocenters. The van der Waals surface area contributed by atoms with Crippen LogP contribution in [0.15, 0.2) is 42.6 Å². The van der Waals surface area contributed by atoms with Gasteiger partial charge in [0.25, 0.3) is 0 Å². The van der Waals surface area contributed by atoms with Gasteiger partial charge in [0.15, 0.2) is 5.82 Å². The summed E-state index contributed by atoms with van der Waals surface area (Å²) in [4.78, 5) is 12.3. The summed E-state index contributed by atoms with van der Waals surface area (Å²) in [6, 6.07) is 12.3. The third kappa shape index (κ3) is 2.70. The summed E-state index contributed by atoms with van der Waals surface area (Å²) in [5.41, 5.74) is 4.28. The van der Waals surface area contributed by atoms with Crippen molar-refractivity contribution in [2.45, 2.75) is 12.8 Å². The van der Waals surface area contributed by atoms with Crippen molar-refractivity contribution in [1.29, 1.82) is 0 Å². The summed E-state index contributed by atoms with van der Waals surface area (Å²) in [5, 5.41) is 3.17. The Kier molecular flexibility index (Phi) is 3.74. The van der Waals surface area contributed by atoms with Gasteiger partial charge in [-0.2, -0.15) is 0 Å². The number of rotatable bonds is 5. The molecule has 2 aromatic heterocycles. The molecule has 3 rings (SSSR count). The van der Waals surface area contributed by atoms with E-state index < -0.39 is 0 Å². The Morgan fingerprint density at radius 3 is 2.95 bits per heavy atom. The molecule has 4 nitrogen and oxygen atoms in total. The number of aromatic nitrogens is 3. The molecule has 2 heterocycles. The third-order valence-electron chi connectivity index (χ3n) is 3.35. The largest absolute Gasteiger partial charge is 0.337 e. The highest BCUT2D eigenvalue weighted by molar-refractivity contribution is 5.79. The number of pyridine rings is 1. The van der Waals surface area contributed by atoms with Crippen LogP contribution in [-0.4, -0.2) is 28.5 Å². The first-order chi connectivity index (χ1) is 9.86. The molecular weight excluding hydrogens is 248 g/mol. The molecule has 0 aliphatic carbocycles. The van der Waals surface area contributed by atoms with Crippen LogP contribution in [0.5, 0.6) is 0 Å². The molecule has 0 saturated heterocycles. The maximum Gasteiger partial charge on any atom is 0.157 e. The number of nitrogens with one attached hydrogen (secondary N) is 2. The van der Waals surface area contributed by atoms with E-state index in [0.717, 1.165) is 41.9 Å².